The Balaban J connectivity index is 0.000000837. The Morgan fingerprint density at radius 1 is 0.955 bits per heavy atom. The Kier molecular flexibility index (Phi) is 21.5. The summed E-state index contributed by atoms with van der Waals surface area (Å²) in [7, 11) is 1.64. The normalized spacial score (nSPS) is 11.5. The van der Waals surface area contributed by atoms with Crippen molar-refractivity contribution in [2.45, 2.75) is 71.9 Å². The van der Waals surface area contributed by atoms with Crippen LogP contribution in [0, 0.1) is 0 Å². The summed E-state index contributed by atoms with van der Waals surface area (Å²) in [5.74, 6) is 1.47. The summed E-state index contributed by atoms with van der Waals surface area (Å²) < 4.78 is 11.6. The van der Waals surface area contributed by atoms with Crippen LogP contribution in [0.25, 0.3) is 5.32 Å². The first-order chi connectivity index (χ1) is 20.8. The van der Waals surface area contributed by atoms with E-state index in [1.165, 1.54) is 25.3 Å². The maximum absolute atomic E-state index is 13.0. The van der Waals surface area contributed by atoms with Gasteiger partial charge in [-0.15, -0.1) is 13.1 Å². The van der Waals surface area contributed by atoms with Crippen molar-refractivity contribution in [1.82, 2.24) is 4.90 Å². The van der Waals surface area contributed by atoms with Crippen LogP contribution in [0.4, 0.5) is 0 Å². The molecule has 1 aliphatic rings. The molecule has 4 rings (SSSR count). The molecule has 0 aliphatic carbocycles. The van der Waals surface area contributed by atoms with Gasteiger partial charge in [0.15, 0.2) is 0 Å². The zero-order valence-corrected chi connectivity index (χ0v) is 30.1. The van der Waals surface area contributed by atoms with E-state index in [9.17, 15) is 14.7 Å². The van der Waals surface area contributed by atoms with Gasteiger partial charge < -0.3 is 30.5 Å². The molecule has 3 aromatic carbocycles. The molecule has 3 N–H and O–H groups in total. The molecule has 9 heteroatoms. The molecule has 0 atom stereocenters. The molecule has 0 unspecified atom stereocenters. The SMILES string of the molecule is C1CC[N-]C1.CC(N)=O.CCCCCC(=O)N(CCc1ccccc1)Cc1ccc(OCc2ccc(O)cc2)cc1OC.[K+]. The second-order valence-electron chi connectivity index (χ2n) is 10.4. The molecule has 1 fully saturated rings. The van der Waals surface area contributed by atoms with Gasteiger partial charge in [0.25, 0.3) is 0 Å². The van der Waals surface area contributed by atoms with Crippen molar-refractivity contribution < 1.29 is 75.6 Å². The van der Waals surface area contributed by atoms with Gasteiger partial charge in [-0.25, -0.2) is 0 Å². The van der Waals surface area contributed by atoms with Crippen LogP contribution >= 0.6 is 0 Å². The largest absolute Gasteiger partial charge is 1.00 e. The fourth-order valence-corrected chi connectivity index (χ4v) is 4.35. The maximum Gasteiger partial charge on any atom is 1.00 e. The van der Waals surface area contributed by atoms with E-state index >= 15 is 0 Å². The molecular formula is C35H48KN3O5. The number of phenolic OH excluding ortho intramolecular Hbond substituents is 1. The van der Waals surface area contributed by atoms with E-state index < -0.39 is 0 Å². The van der Waals surface area contributed by atoms with Crippen molar-refractivity contribution in [2.24, 2.45) is 5.73 Å². The number of hydrogen-bond acceptors (Lipinski definition) is 5. The van der Waals surface area contributed by atoms with Crippen LogP contribution in [0.2, 0.25) is 0 Å². The Bertz CT molecular complexity index is 1190. The second-order valence-corrected chi connectivity index (χ2v) is 10.4. The number of rotatable bonds is 13. The summed E-state index contributed by atoms with van der Waals surface area (Å²) in [4.78, 5) is 24.2. The van der Waals surface area contributed by atoms with Gasteiger partial charge in [0.05, 0.1) is 7.11 Å². The van der Waals surface area contributed by atoms with Gasteiger partial charge in [0, 0.05) is 38.1 Å². The molecule has 0 bridgehead atoms. The number of aromatic hydroxyl groups is 1. The number of carbonyl (C=O) groups excluding carboxylic acids is 2. The minimum absolute atomic E-state index is 0. The van der Waals surface area contributed by atoms with Gasteiger partial charge in [0.2, 0.25) is 11.8 Å². The monoisotopic (exact) mass is 629 g/mol. The van der Waals surface area contributed by atoms with E-state index in [1.54, 1.807) is 19.2 Å². The third-order valence-corrected chi connectivity index (χ3v) is 6.70. The minimum Gasteiger partial charge on any atom is -0.662 e. The number of methoxy groups -OCH3 is 1. The number of nitrogens with zero attached hydrogens (tertiary/aromatic N) is 2. The van der Waals surface area contributed by atoms with E-state index in [-0.39, 0.29) is 68.9 Å². The second kappa shape index (κ2) is 23.9. The van der Waals surface area contributed by atoms with Gasteiger partial charge in [-0.3, -0.25) is 9.59 Å². The van der Waals surface area contributed by atoms with Crippen molar-refractivity contribution in [2.75, 3.05) is 26.7 Å². The molecule has 1 saturated heterocycles. The van der Waals surface area contributed by atoms with Crippen molar-refractivity contribution >= 4 is 11.8 Å². The van der Waals surface area contributed by atoms with Crippen molar-refractivity contribution in [3.05, 3.63) is 94.8 Å². The zero-order valence-electron chi connectivity index (χ0n) is 27.0. The summed E-state index contributed by atoms with van der Waals surface area (Å²) >= 11 is 0. The molecule has 1 aliphatic heterocycles. The fraction of sp³-hybridized carbons (Fsp3) is 0.429. The fourth-order valence-electron chi connectivity index (χ4n) is 4.35. The predicted molar refractivity (Wildman–Crippen MR) is 172 cm³/mol. The van der Waals surface area contributed by atoms with Crippen LogP contribution in [0.5, 0.6) is 17.2 Å². The Hall–Kier alpha value is -2.40. The first-order valence-corrected chi connectivity index (χ1v) is 15.1. The van der Waals surface area contributed by atoms with Crippen LogP contribution in [0.3, 0.4) is 0 Å². The Morgan fingerprint density at radius 2 is 1.61 bits per heavy atom. The van der Waals surface area contributed by atoms with Crippen molar-refractivity contribution in [3.63, 3.8) is 0 Å². The molecule has 0 aromatic heterocycles. The molecule has 1 heterocycles. The standard InChI is InChI=1S/C29H35NO4.C4H8N.C2H5NO.K/c1-3-4-6-11-29(32)30(19-18-23-9-7-5-8-10-23)21-25-14-17-27(20-28(25)33-2)34-22-24-12-15-26(31)16-13-24;1-2-4-5-3-1;1-2(3)4;/h5,7-10,12-17,20,31H,3-4,6,11,18-19,21-22H2,1-2H3;1-4H2;1H3,(H2,3,4);/q;-1;;+1. The van der Waals surface area contributed by atoms with E-state index in [0.29, 0.717) is 37.6 Å². The Labute approximate surface area is 306 Å². The molecule has 8 nitrogen and oxygen atoms in total. The zero-order chi connectivity index (χ0) is 31.3. The maximum atomic E-state index is 13.0. The Morgan fingerprint density at radius 3 is 2.18 bits per heavy atom. The number of phenols is 1. The number of amides is 2. The first kappa shape index (κ1) is 39.6. The van der Waals surface area contributed by atoms with E-state index in [4.69, 9.17) is 9.47 Å². The van der Waals surface area contributed by atoms with E-state index in [2.05, 4.69) is 30.1 Å². The average molecular weight is 630 g/mol. The third-order valence-electron chi connectivity index (χ3n) is 6.70. The number of carbonyl (C=O) groups is 2. The number of ether oxygens (including phenoxy) is 2. The van der Waals surface area contributed by atoms with Crippen LogP contribution in [-0.4, -0.2) is 48.6 Å². The summed E-state index contributed by atoms with van der Waals surface area (Å²) in [6, 6.07) is 23.0. The number of benzene rings is 3. The minimum atomic E-state index is -0.333. The van der Waals surface area contributed by atoms with E-state index in [1.807, 2.05) is 53.4 Å². The summed E-state index contributed by atoms with van der Waals surface area (Å²) in [5.41, 5.74) is 7.61. The molecule has 0 radical (unpaired) electrons. The first-order valence-electron chi connectivity index (χ1n) is 15.1. The number of primary amides is 1. The summed E-state index contributed by atoms with van der Waals surface area (Å²) in [6.45, 7) is 7.26. The quantitative estimate of drug-likeness (QED) is 0.221. The van der Waals surface area contributed by atoms with Gasteiger partial charge >= 0.3 is 51.4 Å². The summed E-state index contributed by atoms with van der Waals surface area (Å²) in [5, 5.41) is 13.5. The summed E-state index contributed by atoms with van der Waals surface area (Å²) in [6.07, 6.45) is 7.12. The van der Waals surface area contributed by atoms with Crippen molar-refractivity contribution in [1.29, 1.82) is 0 Å². The molecular weight excluding hydrogens is 581 g/mol. The molecule has 0 spiro atoms. The smallest absolute Gasteiger partial charge is 0.662 e. The van der Waals surface area contributed by atoms with Crippen molar-refractivity contribution in [3.8, 4) is 17.2 Å². The number of unbranched alkanes of at least 4 members (excludes halogenated alkanes) is 2. The predicted octanol–water partition coefficient (Wildman–Crippen LogP) is 3.78. The van der Waals surface area contributed by atoms with E-state index in [0.717, 1.165) is 49.9 Å². The van der Waals surface area contributed by atoms with Crippen LogP contribution in [0.15, 0.2) is 72.8 Å². The van der Waals surface area contributed by atoms with Gasteiger partial charge in [-0.2, -0.15) is 0 Å². The van der Waals surface area contributed by atoms with Gasteiger partial charge in [-0.1, -0.05) is 75.1 Å². The molecule has 2 amide bonds. The molecule has 0 saturated carbocycles. The molecule has 234 valence electrons. The van der Waals surface area contributed by atoms with Crippen LogP contribution in [0.1, 0.15) is 69.1 Å². The molecule has 3 aromatic rings. The van der Waals surface area contributed by atoms with Gasteiger partial charge in [0.1, 0.15) is 23.9 Å². The molecule has 44 heavy (non-hydrogen) atoms. The third kappa shape index (κ3) is 17.2. The van der Waals surface area contributed by atoms with Crippen LogP contribution in [-0.2, 0) is 29.2 Å². The number of nitrogens with two attached hydrogens (primary N) is 1. The van der Waals surface area contributed by atoms with Crippen LogP contribution < -0.4 is 66.6 Å². The number of hydrogen-bond donors (Lipinski definition) is 2. The van der Waals surface area contributed by atoms with Gasteiger partial charge in [-0.05, 0) is 48.2 Å². The average Bonchev–Trinajstić information content (AvgIpc) is 3.60. The topological polar surface area (TPSA) is 116 Å².